The molecule has 0 aliphatic heterocycles. The van der Waals surface area contributed by atoms with Gasteiger partial charge in [0, 0.05) is 25.3 Å². The van der Waals surface area contributed by atoms with E-state index in [1.54, 1.807) is 41.0 Å². The molecule has 29 heavy (non-hydrogen) atoms. The number of methoxy groups -OCH3 is 1. The van der Waals surface area contributed by atoms with E-state index in [4.69, 9.17) is 10.00 Å². The van der Waals surface area contributed by atoms with Gasteiger partial charge in [-0.25, -0.2) is 24.1 Å². The Balaban J connectivity index is 1.74. The van der Waals surface area contributed by atoms with E-state index in [1.807, 2.05) is 12.1 Å². The number of aryl methyl sites for hydroxylation is 1. The Kier molecular flexibility index (Phi) is 5.27. The summed E-state index contributed by atoms with van der Waals surface area (Å²) < 4.78 is 8.60. The van der Waals surface area contributed by atoms with E-state index in [-0.39, 0.29) is 0 Å². The number of ether oxygens (including phenoxy) is 1. The zero-order valence-corrected chi connectivity index (χ0v) is 16.3. The van der Waals surface area contributed by atoms with Crippen molar-refractivity contribution in [2.45, 2.75) is 32.8 Å². The molecule has 0 saturated carbocycles. The van der Waals surface area contributed by atoms with Crippen molar-refractivity contribution < 1.29 is 4.74 Å². The molecule has 4 heterocycles. The zero-order valence-electron chi connectivity index (χ0n) is 16.3. The van der Waals surface area contributed by atoms with Crippen LogP contribution < -0.4 is 0 Å². The molecule has 4 aromatic rings. The summed E-state index contributed by atoms with van der Waals surface area (Å²) >= 11 is 0. The molecule has 0 spiro atoms. The first-order valence-electron chi connectivity index (χ1n) is 9.34. The first-order valence-corrected chi connectivity index (χ1v) is 9.34. The lowest BCUT2D eigenvalue weighted by atomic mass is 10.1. The van der Waals surface area contributed by atoms with E-state index >= 15 is 0 Å². The number of fused-ring (bicyclic) bond motifs is 1. The molecule has 0 aromatic carbocycles. The van der Waals surface area contributed by atoms with E-state index in [0.717, 1.165) is 35.4 Å². The first kappa shape index (κ1) is 18.7. The SMILES string of the molecule is CCCc1c(Cc2ccnn2-c2cccc(C#N)n2)ncn2nc(COC)nc12. The Morgan fingerprint density at radius 3 is 2.90 bits per heavy atom. The van der Waals surface area contributed by atoms with Crippen molar-refractivity contribution >= 4 is 5.65 Å². The number of pyridine rings is 1. The van der Waals surface area contributed by atoms with E-state index in [9.17, 15) is 0 Å². The maximum Gasteiger partial charge on any atom is 0.177 e. The summed E-state index contributed by atoms with van der Waals surface area (Å²) in [5, 5.41) is 17.9. The maximum atomic E-state index is 9.12. The molecule has 0 unspecified atom stereocenters. The molecule has 146 valence electrons. The number of nitriles is 1. The number of rotatable bonds is 7. The van der Waals surface area contributed by atoms with Crippen LogP contribution >= 0.6 is 0 Å². The average molecular weight is 388 g/mol. The number of hydrogen-bond acceptors (Lipinski definition) is 7. The molecular weight excluding hydrogens is 368 g/mol. The Morgan fingerprint density at radius 2 is 2.10 bits per heavy atom. The Hall–Kier alpha value is -3.64. The molecule has 0 saturated heterocycles. The van der Waals surface area contributed by atoms with E-state index in [1.165, 1.54) is 0 Å². The van der Waals surface area contributed by atoms with Gasteiger partial charge < -0.3 is 4.74 Å². The number of nitrogens with zero attached hydrogens (tertiary/aromatic N) is 8. The summed E-state index contributed by atoms with van der Waals surface area (Å²) in [6.07, 6.45) is 5.78. The summed E-state index contributed by atoms with van der Waals surface area (Å²) in [5.74, 6) is 1.23. The lowest BCUT2D eigenvalue weighted by molar-refractivity contribution is 0.178. The summed E-state index contributed by atoms with van der Waals surface area (Å²) in [7, 11) is 1.62. The smallest absolute Gasteiger partial charge is 0.177 e. The largest absolute Gasteiger partial charge is 0.377 e. The van der Waals surface area contributed by atoms with Gasteiger partial charge in [-0.1, -0.05) is 19.4 Å². The highest BCUT2D eigenvalue weighted by atomic mass is 16.5. The third-order valence-corrected chi connectivity index (χ3v) is 4.53. The van der Waals surface area contributed by atoms with Gasteiger partial charge in [0.25, 0.3) is 0 Å². The minimum Gasteiger partial charge on any atom is -0.377 e. The minimum atomic E-state index is 0.351. The molecule has 0 fully saturated rings. The van der Waals surface area contributed by atoms with Gasteiger partial charge in [0.1, 0.15) is 24.7 Å². The second-order valence-electron chi connectivity index (χ2n) is 6.55. The number of aromatic nitrogens is 7. The van der Waals surface area contributed by atoms with Crippen LogP contribution in [0.25, 0.3) is 11.5 Å². The highest BCUT2D eigenvalue weighted by Crippen LogP contribution is 2.20. The van der Waals surface area contributed by atoms with Crippen molar-refractivity contribution in [1.82, 2.24) is 34.3 Å². The fraction of sp³-hybridized carbons (Fsp3) is 0.300. The van der Waals surface area contributed by atoms with Gasteiger partial charge in [-0.2, -0.15) is 10.4 Å². The lowest BCUT2D eigenvalue weighted by Gasteiger charge is -2.10. The molecule has 0 aliphatic carbocycles. The van der Waals surface area contributed by atoms with Crippen molar-refractivity contribution in [3.05, 3.63) is 65.3 Å². The van der Waals surface area contributed by atoms with Gasteiger partial charge in [0.15, 0.2) is 17.3 Å². The van der Waals surface area contributed by atoms with Crippen molar-refractivity contribution in [2.24, 2.45) is 0 Å². The van der Waals surface area contributed by atoms with Crippen LogP contribution in [-0.4, -0.2) is 41.5 Å². The third-order valence-electron chi connectivity index (χ3n) is 4.53. The second-order valence-corrected chi connectivity index (χ2v) is 6.55. The molecular formula is C20H20N8O. The van der Waals surface area contributed by atoms with Gasteiger partial charge in [0.2, 0.25) is 0 Å². The maximum absolute atomic E-state index is 9.12. The average Bonchev–Trinajstić information content (AvgIpc) is 3.37. The van der Waals surface area contributed by atoms with Crippen LogP contribution in [-0.2, 0) is 24.2 Å². The molecule has 0 radical (unpaired) electrons. The van der Waals surface area contributed by atoms with E-state index < -0.39 is 0 Å². The summed E-state index contributed by atoms with van der Waals surface area (Å²) in [6.45, 7) is 2.48. The summed E-state index contributed by atoms with van der Waals surface area (Å²) in [6, 6.07) is 9.30. The monoisotopic (exact) mass is 388 g/mol. The van der Waals surface area contributed by atoms with Gasteiger partial charge in [-0.15, -0.1) is 5.10 Å². The van der Waals surface area contributed by atoms with Crippen molar-refractivity contribution in [3.63, 3.8) is 0 Å². The molecule has 0 bridgehead atoms. The first-order chi connectivity index (χ1) is 14.2. The van der Waals surface area contributed by atoms with Gasteiger partial charge in [0.05, 0.1) is 11.4 Å². The fourth-order valence-electron chi connectivity index (χ4n) is 3.28. The van der Waals surface area contributed by atoms with Crippen molar-refractivity contribution in [2.75, 3.05) is 7.11 Å². The van der Waals surface area contributed by atoms with Gasteiger partial charge >= 0.3 is 0 Å². The molecule has 0 atom stereocenters. The van der Waals surface area contributed by atoms with Gasteiger partial charge in [-0.05, 0) is 24.6 Å². The molecule has 0 amide bonds. The van der Waals surface area contributed by atoms with Crippen LogP contribution in [0.2, 0.25) is 0 Å². The Morgan fingerprint density at radius 1 is 1.21 bits per heavy atom. The zero-order chi connectivity index (χ0) is 20.2. The van der Waals surface area contributed by atoms with Crippen LogP contribution in [0.4, 0.5) is 0 Å². The Labute approximate surface area is 167 Å². The molecule has 4 rings (SSSR count). The summed E-state index contributed by atoms with van der Waals surface area (Å²) in [5.41, 5.74) is 4.08. The molecule has 4 aromatic heterocycles. The molecule has 0 N–H and O–H groups in total. The standard InChI is InChI=1S/C20H20N8O/c1-3-5-16-17(22-13-27-20(16)25-18(26-27)12-29-2)10-15-8-9-23-28(15)19-7-4-6-14(11-21)24-19/h4,6-9,13H,3,5,10,12H2,1-2H3. The van der Waals surface area contributed by atoms with Crippen LogP contribution in [0.15, 0.2) is 36.8 Å². The second kappa shape index (κ2) is 8.16. The lowest BCUT2D eigenvalue weighted by Crippen LogP contribution is -2.09. The molecule has 0 aliphatic rings. The predicted octanol–water partition coefficient (Wildman–Crippen LogP) is 2.27. The fourth-order valence-corrected chi connectivity index (χ4v) is 3.28. The number of hydrogen-bond donors (Lipinski definition) is 0. The van der Waals surface area contributed by atoms with Crippen LogP contribution in [0.3, 0.4) is 0 Å². The Bertz CT molecular complexity index is 1190. The quantitative estimate of drug-likeness (QED) is 0.478. The van der Waals surface area contributed by atoms with Crippen LogP contribution in [0.1, 0.15) is 41.8 Å². The predicted molar refractivity (Wildman–Crippen MR) is 104 cm³/mol. The highest BCUT2D eigenvalue weighted by molar-refractivity contribution is 5.50. The van der Waals surface area contributed by atoms with E-state index in [0.29, 0.717) is 30.4 Å². The highest BCUT2D eigenvalue weighted by Gasteiger charge is 2.16. The normalized spacial score (nSPS) is 11.1. The summed E-state index contributed by atoms with van der Waals surface area (Å²) in [4.78, 5) is 13.6. The van der Waals surface area contributed by atoms with Gasteiger partial charge in [-0.3, -0.25) is 0 Å². The third kappa shape index (κ3) is 3.70. The van der Waals surface area contributed by atoms with Crippen LogP contribution in [0.5, 0.6) is 0 Å². The van der Waals surface area contributed by atoms with Crippen LogP contribution in [0, 0.1) is 11.3 Å². The molecule has 9 nitrogen and oxygen atoms in total. The minimum absolute atomic E-state index is 0.351. The van der Waals surface area contributed by atoms with Crippen molar-refractivity contribution in [1.29, 1.82) is 5.26 Å². The topological polar surface area (TPSA) is 107 Å². The van der Waals surface area contributed by atoms with E-state index in [2.05, 4.69) is 38.1 Å². The van der Waals surface area contributed by atoms with Crippen molar-refractivity contribution in [3.8, 4) is 11.9 Å². The molecule has 9 heteroatoms.